The van der Waals surface area contributed by atoms with Crippen LogP contribution in [-0.2, 0) is 13.0 Å². The van der Waals surface area contributed by atoms with Crippen molar-refractivity contribution < 1.29 is 5.11 Å². The number of hydrogen-bond acceptors (Lipinski definition) is 3. The Balaban J connectivity index is 2.54. The monoisotopic (exact) mass is 253 g/mol. The molecule has 0 amide bonds. The van der Waals surface area contributed by atoms with Crippen LogP contribution >= 0.6 is 11.8 Å². The largest absolute Gasteiger partial charge is 0.395 e. The lowest BCUT2D eigenvalue weighted by atomic mass is 10.1. The molecule has 0 aliphatic heterocycles. The first-order valence-electron chi connectivity index (χ1n) is 6.16. The molecule has 1 aromatic carbocycles. The summed E-state index contributed by atoms with van der Waals surface area (Å²) >= 11 is 1.71. The number of aliphatic hydroxyl groups is 1. The lowest BCUT2D eigenvalue weighted by Crippen LogP contribution is -2.37. The number of nitrogens with one attached hydrogen (secondary N) is 1. The molecule has 1 aromatic rings. The van der Waals surface area contributed by atoms with Crippen LogP contribution < -0.4 is 5.32 Å². The first-order valence-corrected chi connectivity index (χ1v) is 7.45. The summed E-state index contributed by atoms with van der Waals surface area (Å²) in [4.78, 5) is 0. The van der Waals surface area contributed by atoms with Gasteiger partial charge in [-0.3, -0.25) is 0 Å². The molecule has 0 bridgehead atoms. The fourth-order valence-corrected chi connectivity index (χ4v) is 2.57. The topological polar surface area (TPSA) is 32.3 Å². The molecule has 0 fully saturated rings. The van der Waals surface area contributed by atoms with Crippen LogP contribution in [0.15, 0.2) is 24.3 Å². The highest BCUT2D eigenvalue weighted by atomic mass is 32.2. The summed E-state index contributed by atoms with van der Waals surface area (Å²) in [6.07, 6.45) is 3.11. The minimum absolute atomic E-state index is 0.227. The van der Waals surface area contributed by atoms with Gasteiger partial charge in [-0.05, 0) is 30.7 Å². The van der Waals surface area contributed by atoms with Gasteiger partial charge in [0.1, 0.15) is 0 Å². The Hall–Kier alpha value is -0.510. The number of thioether (sulfide) groups is 1. The van der Waals surface area contributed by atoms with E-state index < -0.39 is 0 Å². The molecule has 0 heterocycles. The molecule has 0 saturated carbocycles. The highest BCUT2D eigenvalue weighted by Crippen LogP contribution is 2.13. The van der Waals surface area contributed by atoms with Crippen LogP contribution in [0.1, 0.15) is 25.0 Å². The molecular formula is C14H23NOS. The summed E-state index contributed by atoms with van der Waals surface area (Å²) < 4.78 is 0. The highest BCUT2D eigenvalue weighted by Gasteiger charge is 2.14. The minimum Gasteiger partial charge on any atom is -0.395 e. The first kappa shape index (κ1) is 14.6. The highest BCUT2D eigenvalue weighted by molar-refractivity contribution is 7.99. The van der Waals surface area contributed by atoms with E-state index in [0.29, 0.717) is 6.04 Å². The Morgan fingerprint density at radius 2 is 1.94 bits per heavy atom. The molecule has 0 aliphatic carbocycles. The smallest absolute Gasteiger partial charge is 0.0564 e. The predicted molar refractivity (Wildman–Crippen MR) is 76.5 cm³/mol. The van der Waals surface area contributed by atoms with Gasteiger partial charge in [0.15, 0.2) is 0 Å². The lowest BCUT2D eigenvalue weighted by Gasteiger charge is -2.22. The second kappa shape index (κ2) is 7.75. The van der Waals surface area contributed by atoms with Crippen LogP contribution in [-0.4, -0.2) is 29.3 Å². The third kappa shape index (κ3) is 4.34. The molecule has 2 atom stereocenters. The first-order chi connectivity index (χ1) is 8.22. The van der Waals surface area contributed by atoms with Crippen molar-refractivity contribution in [2.24, 2.45) is 0 Å². The van der Waals surface area contributed by atoms with Crippen molar-refractivity contribution >= 4 is 11.8 Å². The van der Waals surface area contributed by atoms with Gasteiger partial charge in [-0.15, -0.1) is 0 Å². The molecule has 2 N–H and O–H groups in total. The molecule has 96 valence electrons. The van der Waals surface area contributed by atoms with Gasteiger partial charge in [0.05, 0.1) is 6.61 Å². The van der Waals surface area contributed by atoms with Gasteiger partial charge in [0, 0.05) is 17.8 Å². The fourth-order valence-electron chi connectivity index (χ4n) is 1.91. The van der Waals surface area contributed by atoms with E-state index in [-0.39, 0.29) is 11.9 Å². The Labute approximate surface area is 109 Å². The molecule has 0 saturated heterocycles. The number of hydrogen-bond donors (Lipinski definition) is 2. The van der Waals surface area contributed by atoms with E-state index in [2.05, 4.69) is 43.4 Å². The number of aryl methyl sites for hydroxylation is 1. The van der Waals surface area contributed by atoms with E-state index in [1.54, 1.807) is 11.8 Å². The van der Waals surface area contributed by atoms with E-state index in [1.165, 1.54) is 11.1 Å². The van der Waals surface area contributed by atoms with Crippen LogP contribution in [0.5, 0.6) is 0 Å². The molecule has 2 unspecified atom stereocenters. The zero-order valence-electron chi connectivity index (χ0n) is 10.9. The summed E-state index contributed by atoms with van der Waals surface area (Å²) in [5.74, 6) is 0. The molecule has 0 aliphatic rings. The molecule has 17 heavy (non-hydrogen) atoms. The van der Waals surface area contributed by atoms with Crippen LogP contribution in [0.4, 0.5) is 0 Å². The van der Waals surface area contributed by atoms with Crippen molar-refractivity contribution in [3.63, 3.8) is 0 Å². The van der Waals surface area contributed by atoms with Crippen molar-refractivity contribution in [1.29, 1.82) is 0 Å². The minimum atomic E-state index is 0.227. The van der Waals surface area contributed by atoms with Crippen molar-refractivity contribution in [2.45, 2.75) is 38.1 Å². The van der Waals surface area contributed by atoms with E-state index in [4.69, 9.17) is 0 Å². The van der Waals surface area contributed by atoms with Crippen molar-refractivity contribution in [1.82, 2.24) is 5.32 Å². The summed E-state index contributed by atoms with van der Waals surface area (Å²) in [6.45, 7) is 5.42. The number of benzene rings is 1. The molecule has 2 nitrogen and oxygen atoms in total. The third-order valence-corrected chi connectivity index (χ3v) is 4.32. The predicted octanol–water partition coefficient (Wildman–Crippen LogP) is 2.45. The van der Waals surface area contributed by atoms with Crippen molar-refractivity contribution in [2.75, 3.05) is 12.9 Å². The summed E-state index contributed by atoms with van der Waals surface area (Å²) in [5, 5.41) is 13.0. The van der Waals surface area contributed by atoms with Crippen LogP contribution in [0, 0.1) is 0 Å². The molecule has 0 spiro atoms. The van der Waals surface area contributed by atoms with Crippen LogP contribution in [0.3, 0.4) is 0 Å². The summed E-state index contributed by atoms with van der Waals surface area (Å²) in [6, 6.07) is 8.84. The van der Waals surface area contributed by atoms with Gasteiger partial charge in [-0.1, -0.05) is 31.2 Å². The molecule has 1 rings (SSSR count). The zero-order valence-corrected chi connectivity index (χ0v) is 11.8. The van der Waals surface area contributed by atoms with Gasteiger partial charge in [-0.2, -0.15) is 11.8 Å². The molecule has 3 heteroatoms. The average Bonchev–Trinajstić information content (AvgIpc) is 2.38. The van der Waals surface area contributed by atoms with Crippen LogP contribution in [0.2, 0.25) is 0 Å². The van der Waals surface area contributed by atoms with E-state index in [9.17, 15) is 5.11 Å². The van der Waals surface area contributed by atoms with E-state index in [0.717, 1.165) is 13.0 Å². The normalized spacial score (nSPS) is 14.6. The molecule has 0 radical (unpaired) electrons. The third-order valence-electron chi connectivity index (χ3n) is 3.15. The maximum atomic E-state index is 9.23. The second-order valence-electron chi connectivity index (χ2n) is 4.25. The zero-order chi connectivity index (χ0) is 12.7. The Kier molecular flexibility index (Phi) is 6.63. The second-order valence-corrected chi connectivity index (χ2v) is 5.33. The molecular weight excluding hydrogens is 230 g/mol. The number of rotatable bonds is 7. The van der Waals surface area contributed by atoms with Gasteiger partial charge in [0.2, 0.25) is 0 Å². The quantitative estimate of drug-likeness (QED) is 0.783. The van der Waals surface area contributed by atoms with Crippen molar-refractivity contribution in [3.05, 3.63) is 35.4 Å². The Morgan fingerprint density at radius 3 is 2.47 bits per heavy atom. The van der Waals surface area contributed by atoms with Gasteiger partial charge < -0.3 is 10.4 Å². The maximum Gasteiger partial charge on any atom is 0.0564 e. The van der Waals surface area contributed by atoms with E-state index in [1.807, 2.05) is 6.26 Å². The van der Waals surface area contributed by atoms with Gasteiger partial charge in [0.25, 0.3) is 0 Å². The van der Waals surface area contributed by atoms with Crippen LogP contribution in [0.25, 0.3) is 0 Å². The SMILES string of the molecule is CCc1ccccc1CNC(C)C(CO)SC. The lowest BCUT2D eigenvalue weighted by molar-refractivity contribution is 0.276. The standard InChI is InChI=1S/C14H23NOS/c1-4-12-7-5-6-8-13(12)9-15-11(2)14(10-16)17-3/h5-8,11,14-16H,4,9-10H2,1-3H3. The van der Waals surface area contributed by atoms with E-state index >= 15 is 0 Å². The Morgan fingerprint density at radius 1 is 1.29 bits per heavy atom. The maximum absolute atomic E-state index is 9.23. The fraction of sp³-hybridized carbons (Fsp3) is 0.571. The molecule has 0 aromatic heterocycles. The Bertz CT molecular complexity index is 326. The summed E-state index contributed by atoms with van der Waals surface area (Å²) in [7, 11) is 0. The van der Waals surface area contributed by atoms with Crippen molar-refractivity contribution in [3.8, 4) is 0 Å². The number of aliphatic hydroxyl groups excluding tert-OH is 1. The average molecular weight is 253 g/mol. The van der Waals surface area contributed by atoms with Gasteiger partial charge in [-0.25, -0.2) is 0 Å². The summed E-state index contributed by atoms with van der Waals surface area (Å²) in [5.41, 5.74) is 2.76. The van der Waals surface area contributed by atoms with Gasteiger partial charge >= 0.3 is 0 Å².